The summed E-state index contributed by atoms with van der Waals surface area (Å²) in [5, 5.41) is 12.0. The van der Waals surface area contributed by atoms with Crippen molar-refractivity contribution in [2.45, 2.75) is 13.3 Å². The van der Waals surface area contributed by atoms with Gasteiger partial charge >= 0.3 is 0 Å². The van der Waals surface area contributed by atoms with Crippen molar-refractivity contribution in [3.8, 4) is 11.8 Å². The highest BCUT2D eigenvalue weighted by Gasteiger charge is 2.09. The zero-order valence-electron chi connectivity index (χ0n) is 10.9. The molecule has 0 unspecified atom stereocenters. The molecule has 5 heteroatoms. The molecule has 0 fully saturated rings. The van der Waals surface area contributed by atoms with Crippen LogP contribution in [-0.2, 0) is 6.42 Å². The van der Waals surface area contributed by atoms with Crippen molar-refractivity contribution in [2.24, 2.45) is 0 Å². The number of nitrogens with zero attached hydrogens (tertiary/aromatic N) is 2. The van der Waals surface area contributed by atoms with Crippen molar-refractivity contribution >= 4 is 5.88 Å². The number of aryl methyl sites for hydroxylation is 1. The Morgan fingerprint density at radius 3 is 2.74 bits per heavy atom. The minimum Gasteiger partial charge on any atom is -0.497 e. The van der Waals surface area contributed by atoms with E-state index in [0.717, 1.165) is 12.2 Å². The van der Waals surface area contributed by atoms with Crippen molar-refractivity contribution in [2.75, 3.05) is 19.0 Å². The van der Waals surface area contributed by atoms with Crippen molar-refractivity contribution in [1.82, 2.24) is 4.98 Å². The number of nitriles is 1. The Morgan fingerprint density at radius 2 is 2.11 bits per heavy atom. The largest absolute Gasteiger partial charge is 0.497 e. The first-order chi connectivity index (χ1) is 9.22. The van der Waals surface area contributed by atoms with Gasteiger partial charge in [0.2, 0.25) is 11.6 Å². The van der Waals surface area contributed by atoms with E-state index in [2.05, 4.69) is 10.3 Å². The molecule has 0 aliphatic heterocycles. The average molecular weight is 257 g/mol. The summed E-state index contributed by atoms with van der Waals surface area (Å²) in [4.78, 5) is 3.97. The first kappa shape index (κ1) is 13.0. The van der Waals surface area contributed by atoms with E-state index in [1.54, 1.807) is 14.0 Å². The molecule has 0 radical (unpaired) electrons. The summed E-state index contributed by atoms with van der Waals surface area (Å²) in [7, 11) is 1.65. The second-order valence-corrected chi connectivity index (χ2v) is 4.05. The van der Waals surface area contributed by atoms with Crippen LogP contribution in [0.3, 0.4) is 0 Å². The first-order valence-electron chi connectivity index (χ1n) is 5.97. The third-order valence-electron chi connectivity index (χ3n) is 2.70. The minimum atomic E-state index is 0.298. The lowest BCUT2D eigenvalue weighted by atomic mass is 10.1. The molecule has 0 aliphatic rings. The van der Waals surface area contributed by atoms with E-state index >= 15 is 0 Å². The molecule has 1 heterocycles. The number of hydrogen-bond donors (Lipinski definition) is 1. The molecule has 0 aliphatic carbocycles. The molecule has 0 saturated heterocycles. The van der Waals surface area contributed by atoms with Crippen LogP contribution in [0, 0.1) is 18.3 Å². The Labute approximate surface area is 111 Å². The monoisotopic (exact) mass is 257 g/mol. The lowest BCUT2D eigenvalue weighted by Crippen LogP contribution is -2.05. The van der Waals surface area contributed by atoms with Crippen LogP contribution in [0.1, 0.15) is 17.1 Å². The normalized spacial score (nSPS) is 9.95. The van der Waals surface area contributed by atoms with Crippen LogP contribution in [0.4, 0.5) is 5.88 Å². The number of anilines is 1. The Bertz CT molecular complexity index is 582. The molecule has 5 nitrogen and oxygen atoms in total. The smallest absolute Gasteiger partial charge is 0.232 e. The molecular weight excluding hydrogens is 242 g/mol. The number of oxazole rings is 1. The molecule has 2 aromatic rings. The highest BCUT2D eigenvalue weighted by Crippen LogP contribution is 2.16. The Balaban J connectivity index is 1.90. The standard InChI is InChI=1S/C14H15N3O2/c1-10-17-13(9-15)14(19-10)16-8-7-11-3-5-12(18-2)6-4-11/h3-6,16H,7-8H2,1-2H3. The van der Waals surface area contributed by atoms with Crippen LogP contribution < -0.4 is 10.1 Å². The van der Waals surface area contributed by atoms with Gasteiger partial charge in [-0.05, 0) is 24.1 Å². The third-order valence-corrected chi connectivity index (χ3v) is 2.70. The summed E-state index contributed by atoms with van der Waals surface area (Å²) >= 11 is 0. The Kier molecular flexibility index (Phi) is 4.04. The third kappa shape index (κ3) is 3.26. The summed E-state index contributed by atoms with van der Waals surface area (Å²) in [5.41, 5.74) is 1.48. The molecular formula is C14H15N3O2. The molecule has 1 aromatic heterocycles. The number of rotatable bonds is 5. The first-order valence-corrected chi connectivity index (χ1v) is 5.97. The summed E-state index contributed by atoms with van der Waals surface area (Å²) < 4.78 is 10.4. The van der Waals surface area contributed by atoms with Gasteiger partial charge in [-0.25, -0.2) is 4.98 Å². The summed E-state index contributed by atoms with van der Waals surface area (Å²) in [6.07, 6.45) is 0.828. The summed E-state index contributed by atoms with van der Waals surface area (Å²) in [6, 6.07) is 9.87. The summed E-state index contributed by atoms with van der Waals surface area (Å²) in [5.74, 6) is 1.77. The van der Waals surface area contributed by atoms with Gasteiger partial charge in [0.25, 0.3) is 0 Å². The van der Waals surface area contributed by atoms with E-state index in [4.69, 9.17) is 14.4 Å². The lowest BCUT2D eigenvalue weighted by Gasteiger charge is -2.04. The molecule has 19 heavy (non-hydrogen) atoms. The molecule has 2 rings (SSSR count). The van der Waals surface area contributed by atoms with Crippen LogP contribution in [-0.4, -0.2) is 18.6 Å². The van der Waals surface area contributed by atoms with Crippen LogP contribution in [0.25, 0.3) is 0 Å². The molecule has 1 aromatic carbocycles. The van der Waals surface area contributed by atoms with Crippen LogP contribution >= 0.6 is 0 Å². The topological polar surface area (TPSA) is 71.1 Å². The fourth-order valence-corrected chi connectivity index (χ4v) is 1.74. The van der Waals surface area contributed by atoms with E-state index in [9.17, 15) is 0 Å². The average Bonchev–Trinajstić information content (AvgIpc) is 2.80. The maximum absolute atomic E-state index is 8.88. The van der Waals surface area contributed by atoms with Crippen LogP contribution in [0.5, 0.6) is 5.75 Å². The van der Waals surface area contributed by atoms with Gasteiger partial charge in [0.1, 0.15) is 11.8 Å². The van der Waals surface area contributed by atoms with Gasteiger partial charge in [-0.3, -0.25) is 0 Å². The minimum absolute atomic E-state index is 0.298. The highest BCUT2D eigenvalue weighted by atomic mass is 16.5. The zero-order valence-corrected chi connectivity index (χ0v) is 10.9. The Morgan fingerprint density at radius 1 is 1.37 bits per heavy atom. The van der Waals surface area contributed by atoms with Gasteiger partial charge < -0.3 is 14.5 Å². The molecule has 0 atom stereocenters. The fraction of sp³-hybridized carbons (Fsp3) is 0.286. The van der Waals surface area contributed by atoms with E-state index in [0.29, 0.717) is 24.0 Å². The van der Waals surface area contributed by atoms with Crippen molar-refractivity contribution in [1.29, 1.82) is 5.26 Å². The van der Waals surface area contributed by atoms with Gasteiger partial charge in [0, 0.05) is 13.5 Å². The van der Waals surface area contributed by atoms with Crippen molar-refractivity contribution in [3.05, 3.63) is 41.4 Å². The van der Waals surface area contributed by atoms with E-state index in [-0.39, 0.29) is 0 Å². The molecule has 0 bridgehead atoms. The maximum atomic E-state index is 8.88. The number of aromatic nitrogens is 1. The van der Waals surface area contributed by atoms with Crippen molar-refractivity contribution in [3.63, 3.8) is 0 Å². The number of hydrogen-bond acceptors (Lipinski definition) is 5. The van der Waals surface area contributed by atoms with Gasteiger partial charge in [-0.15, -0.1) is 0 Å². The molecule has 0 spiro atoms. The maximum Gasteiger partial charge on any atom is 0.232 e. The van der Waals surface area contributed by atoms with Crippen LogP contribution in [0.2, 0.25) is 0 Å². The quantitative estimate of drug-likeness (QED) is 0.891. The van der Waals surface area contributed by atoms with Crippen molar-refractivity contribution < 1.29 is 9.15 Å². The van der Waals surface area contributed by atoms with E-state index in [1.165, 1.54) is 5.56 Å². The molecule has 0 saturated carbocycles. The SMILES string of the molecule is COc1ccc(CCNc2oc(C)nc2C#N)cc1. The Hall–Kier alpha value is -2.48. The summed E-state index contributed by atoms with van der Waals surface area (Å²) in [6.45, 7) is 2.39. The van der Waals surface area contributed by atoms with Gasteiger partial charge in [0.05, 0.1) is 7.11 Å². The van der Waals surface area contributed by atoms with E-state index < -0.39 is 0 Å². The predicted octanol–water partition coefficient (Wildman–Crippen LogP) is 2.52. The van der Waals surface area contributed by atoms with Gasteiger partial charge in [0.15, 0.2) is 5.89 Å². The molecule has 1 N–H and O–H groups in total. The number of ether oxygens (including phenoxy) is 1. The second kappa shape index (κ2) is 5.91. The van der Waals surface area contributed by atoms with Gasteiger partial charge in [-0.2, -0.15) is 5.26 Å². The predicted molar refractivity (Wildman–Crippen MR) is 71.1 cm³/mol. The number of nitrogens with one attached hydrogen (secondary N) is 1. The second-order valence-electron chi connectivity index (χ2n) is 4.05. The lowest BCUT2D eigenvalue weighted by molar-refractivity contribution is 0.414. The fourth-order valence-electron chi connectivity index (χ4n) is 1.74. The molecule has 0 amide bonds. The van der Waals surface area contributed by atoms with Crippen LogP contribution in [0.15, 0.2) is 28.7 Å². The van der Waals surface area contributed by atoms with E-state index in [1.807, 2.05) is 30.3 Å². The zero-order chi connectivity index (χ0) is 13.7. The van der Waals surface area contributed by atoms with Gasteiger partial charge in [-0.1, -0.05) is 12.1 Å². The number of methoxy groups -OCH3 is 1. The number of benzene rings is 1. The highest BCUT2D eigenvalue weighted by molar-refractivity contribution is 5.45. The molecule has 98 valence electrons.